The van der Waals surface area contributed by atoms with Crippen LogP contribution < -0.4 is 21.3 Å². The van der Waals surface area contributed by atoms with Crippen LogP contribution in [-0.4, -0.2) is 63.6 Å². The number of rotatable bonds is 17. The number of ether oxygens (including phenoxy) is 1. The molecule has 3 amide bonds. The predicted molar refractivity (Wildman–Crippen MR) is 157 cm³/mol. The first kappa shape index (κ1) is 34.0. The highest BCUT2D eigenvalue weighted by molar-refractivity contribution is 7.54. The first-order chi connectivity index (χ1) is 19.6. The van der Waals surface area contributed by atoms with Gasteiger partial charge in [-0.2, -0.15) is 0 Å². The Morgan fingerprint density at radius 1 is 0.854 bits per heavy atom. The third-order valence-corrected chi connectivity index (χ3v) is 8.56. The smallest absolute Gasteiger partial charge is 0.407 e. The van der Waals surface area contributed by atoms with E-state index >= 15 is 0 Å². The highest BCUT2D eigenvalue weighted by Gasteiger charge is 2.37. The lowest BCUT2D eigenvalue weighted by atomic mass is 10.0. The Morgan fingerprint density at radius 2 is 1.44 bits per heavy atom. The molecule has 1 unspecified atom stereocenters. The minimum atomic E-state index is -3.73. The standard InChI is InChI=1S/C29H43N4O7P/c1-21(2)18-24(28(35)33-25(27(34)30-3)19-22-12-8-6-9-13-22)32-26(41(37,38-4)39-5)16-17-31-29(36)40-20-23-14-10-7-11-15-23/h6-15,21,24-26,32H,16-20H2,1-5H3,(H,30,34)(H,31,36)(H,33,35)/t24-,25?,26-/m0/s1. The molecule has 3 atom stereocenters. The van der Waals surface area contributed by atoms with Crippen molar-refractivity contribution < 1.29 is 32.7 Å². The molecule has 0 bridgehead atoms. The number of alkyl carbamates (subject to hydrolysis) is 1. The minimum Gasteiger partial charge on any atom is -0.445 e. The van der Waals surface area contributed by atoms with Gasteiger partial charge in [-0.1, -0.05) is 74.5 Å². The van der Waals surface area contributed by atoms with E-state index in [2.05, 4.69) is 21.3 Å². The Kier molecular flexibility index (Phi) is 14.5. The van der Waals surface area contributed by atoms with Gasteiger partial charge in [0, 0.05) is 34.2 Å². The number of amides is 3. The van der Waals surface area contributed by atoms with E-state index in [0.717, 1.165) is 11.1 Å². The van der Waals surface area contributed by atoms with Gasteiger partial charge < -0.3 is 29.7 Å². The van der Waals surface area contributed by atoms with Crippen LogP contribution in [0.1, 0.15) is 37.8 Å². The van der Waals surface area contributed by atoms with Crippen molar-refractivity contribution in [3.8, 4) is 0 Å². The van der Waals surface area contributed by atoms with Crippen molar-refractivity contribution >= 4 is 25.5 Å². The summed E-state index contributed by atoms with van der Waals surface area (Å²) in [6.07, 6.45) is 0.162. The van der Waals surface area contributed by atoms with Crippen LogP contribution in [0.25, 0.3) is 0 Å². The molecule has 0 spiro atoms. The number of carbonyl (C=O) groups excluding carboxylic acids is 3. The normalized spacial score (nSPS) is 13.6. The Bertz CT molecular complexity index is 1130. The second-order valence-corrected chi connectivity index (χ2v) is 12.3. The van der Waals surface area contributed by atoms with Crippen molar-refractivity contribution in [2.45, 2.75) is 57.6 Å². The Hall–Kier alpha value is -3.24. The van der Waals surface area contributed by atoms with Crippen molar-refractivity contribution in [2.24, 2.45) is 5.92 Å². The summed E-state index contributed by atoms with van der Waals surface area (Å²) in [6, 6.07) is 17.0. The summed E-state index contributed by atoms with van der Waals surface area (Å²) in [5.74, 6) is -1.61. The number of carbonyl (C=O) groups is 3. The fourth-order valence-electron chi connectivity index (χ4n) is 4.21. The van der Waals surface area contributed by atoms with Crippen LogP contribution in [0.4, 0.5) is 4.79 Å². The van der Waals surface area contributed by atoms with Crippen LogP contribution in [0, 0.1) is 5.92 Å². The van der Waals surface area contributed by atoms with Gasteiger partial charge in [0.05, 0.1) is 6.04 Å². The van der Waals surface area contributed by atoms with E-state index in [4.69, 9.17) is 13.8 Å². The SMILES string of the molecule is CNC(=O)C(Cc1ccccc1)NC(=O)[C@H](CC(C)C)N[C@H](CCNC(=O)OCc1ccccc1)P(=O)(OC)OC. The van der Waals surface area contributed by atoms with Crippen LogP contribution in [-0.2, 0) is 41.0 Å². The van der Waals surface area contributed by atoms with E-state index in [1.165, 1.54) is 21.3 Å². The van der Waals surface area contributed by atoms with Crippen molar-refractivity contribution in [3.63, 3.8) is 0 Å². The minimum absolute atomic E-state index is 0.0763. The topological polar surface area (TPSA) is 144 Å². The number of benzene rings is 2. The van der Waals surface area contributed by atoms with Crippen molar-refractivity contribution in [2.75, 3.05) is 27.8 Å². The summed E-state index contributed by atoms with van der Waals surface area (Å²) >= 11 is 0. The second kappa shape index (κ2) is 17.5. The van der Waals surface area contributed by atoms with E-state index in [9.17, 15) is 18.9 Å². The Balaban J connectivity index is 2.12. The second-order valence-electron chi connectivity index (χ2n) is 9.91. The van der Waals surface area contributed by atoms with Gasteiger partial charge >= 0.3 is 13.7 Å². The summed E-state index contributed by atoms with van der Waals surface area (Å²) in [4.78, 5) is 38.4. The van der Waals surface area contributed by atoms with Gasteiger partial charge in [-0.3, -0.25) is 19.5 Å². The Morgan fingerprint density at radius 3 is 1.98 bits per heavy atom. The average molecular weight is 591 g/mol. The van der Waals surface area contributed by atoms with Crippen molar-refractivity contribution in [3.05, 3.63) is 71.8 Å². The summed E-state index contributed by atoms with van der Waals surface area (Å²) in [5.41, 5.74) is 1.73. The third kappa shape index (κ3) is 11.6. The summed E-state index contributed by atoms with van der Waals surface area (Å²) in [6.45, 7) is 4.09. The maximum atomic E-state index is 13.5. The molecule has 0 radical (unpaired) electrons. The lowest BCUT2D eigenvalue weighted by Gasteiger charge is -2.31. The molecule has 0 aromatic heterocycles. The number of likely N-dealkylation sites (N-methyl/N-ethyl adjacent to an activating group) is 1. The van der Waals surface area contributed by atoms with Crippen LogP contribution in [0.15, 0.2) is 60.7 Å². The lowest BCUT2D eigenvalue weighted by molar-refractivity contribution is -0.130. The zero-order chi connectivity index (χ0) is 30.3. The van der Waals surface area contributed by atoms with E-state index in [1.54, 1.807) is 0 Å². The van der Waals surface area contributed by atoms with E-state index < -0.39 is 37.5 Å². The maximum absolute atomic E-state index is 13.5. The molecule has 0 saturated carbocycles. The van der Waals surface area contributed by atoms with E-state index in [1.807, 2.05) is 74.5 Å². The number of nitrogens with one attached hydrogen (secondary N) is 4. The molecule has 226 valence electrons. The first-order valence-corrected chi connectivity index (χ1v) is 15.2. The molecule has 41 heavy (non-hydrogen) atoms. The quantitative estimate of drug-likeness (QED) is 0.205. The number of hydrogen-bond donors (Lipinski definition) is 4. The Labute approximate surface area is 242 Å². The molecule has 2 rings (SSSR count). The van der Waals surface area contributed by atoms with Crippen molar-refractivity contribution in [1.82, 2.24) is 21.3 Å². The molecule has 4 N–H and O–H groups in total. The third-order valence-electron chi connectivity index (χ3n) is 6.37. The molecule has 12 heteroatoms. The van der Waals surface area contributed by atoms with Crippen molar-refractivity contribution in [1.29, 1.82) is 0 Å². The first-order valence-electron chi connectivity index (χ1n) is 13.6. The lowest BCUT2D eigenvalue weighted by Crippen LogP contribution is -2.55. The van der Waals surface area contributed by atoms with Gasteiger partial charge in [0.2, 0.25) is 11.8 Å². The van der Waals surface area contributed by atoms with Crippen LogP contribution >= 0.6 is 7.60 Å². The summed E-state index contributed by atoms with van der Waals surface area (Å²) in [7, 11) is 0.311. The van der Waals surface area contributed by atoms with Gasteiger partial charge in [-0.05, 0) is 29.9 Å². The van der Waals surface area contributed by atoms with E-state index in [0.29, 0.717) is 12.8 Å². The largest absolute Gasteiger partial charge is 0.445 e. The van der Waals surface area contributed by atoms with Gasteiger partial charge in [0.15, 0.2) is 0 Å². The van der Waals surface area contributed by atoms with Crippen LogP contribution in [0.3, 0.4) is 0 Å². The zero-order valence-corrected chi connectivity index (χ0v) is 25.3. The maximum Gasteiger partial charge on any atom is 0.407 e. The molecule has 0 aliphatic carbocycles. The summed E-state index contributed by atoms with van der Waals surface area (Å²) in [5, 5.41) is 11.2. The monoisotopic (exact) mass is 590 g/mol. The van der Waals surface area contributed by atoms with Crippen LogP contribution in [0.5, 0.6) is 0 Å². The number of hydrogen-bond acceptors (Lipinski definition) is 8. The molecule has 2 aromatic rings. The van der Waals surface area contributed by atoms with Gasteiger partial charge in [-0.25, -0.2) is 4.79 Å². The molecule has 0 heterocycles. The molecule has 2 aromatic carbocycles. The van der Waals surface area contributed by atoms with Gasteiger partial charge in [-0.15, -0.1) is 0 Å². The fourth-order valence-corrected chi connectivity index (χ4v) is 5.67. The molecular weight excluding hydrogens is 547 g/mol. The summed E-state index contributed by atoms with van der Waals surface area (Å²) < 4.78 is 29.2. The fraction of sp³-hybridized carbons (Fsp3) is 0.483. The molecule has 0 fully saturated rings. The zero-order valence-electron chi connectivity index (χ0n) is 24.4. The molecule has 11 nitrogen and oxygen atoms in total. The molecule has 0 aliphatic rings. The van der Waals surface area contributed by atoms with E-state index in [-0.39, 0.29) is 31.4 Å². The molecule has 0 saturated heterocycles. The van der Waals surface area contributed by atoms with Gasteiger partial charge in [0.25, 0.3) is 0 Å². The molecule has 0 aliphatic heterocycles. The van der Waals surface area contributed by atoms with Crippen LogP contribution in [0.2, 0.25) is 0 Å². The molecular formula is C29H43N4O7P. The predicted octanol–water partition coefficient (Wildman–Crippen LogP) is 3.59. The highest BCUT2D eigenvalue weighted by Crippen LogP contribution is 2.51. The highest BCUT2D eigenvalue weighted by atomic mass is 31.2. The van der Waals surface area contributed by atoms with Gasteiger partial charge in [0.1, 0.15) is 18.4 Å². The average Bonchev–Trinajstić information content (AvgIpc) is 2.98.